The van der Waals surface area contributed by atoms with Gasteiger partial charge < -0.3 is 10.1 Å². The molecule has 1 aromatic rings. The van der Waals surface area contributed by atoms with Crippen LogP contribution >= 0.6 is 23.4 Å². The van der Waals surface area contributed by atoms with Gasteiger partial charge in [-0.05, 0) is 24.5 Å². The minimum absolute atomic E-state index is 0.226. The lowest BCUT2D eigenvalue weighted by Crippen LogP contribution is -2.34. The van der Waals surface area contributed by atoms with Crippen molar-refractivity contribution in [3.8, 4) is 0 Å². The van der Waals surface area contributed by atoms with Gasteiger partial charge in [-0.25, -0.2) is 0 Å². The average Bonchev–Trinajstić information content (AvgIpc) is 2.44. The summed E-state index contributed by atoms with van der Waals surface area (Å²) >= 11 is 7.57. The molecule has 0 saturated heterocycles. The Morgan fingerprint density at radius 2 is 2.15 bits per heavy atom. The first-order valence-corrected chi connectivity index (χ1v) is 7.71. The molecule has 0 amide bonds. The van der Waals surface area contributed by atoms with Gasteiger partial charge in [0.05, 0.1) is 4.75 Å². The molecular weight excluding hydrogens is 292 g/mol. The van der Waals surface area contributed by atoms with Gasteiger partial charge in [0.15, 0.2) is 5.17 Å². The fourth-order valence-electron chi connectivity index (χ4n) is 1.46. The van der Waals surface area contributed by atoms with Gasteiger partial charge in [0, 0.05) is 18.6 Å². The summed E-state index contributed by atoms with van der Waals surface area (Å²) in [5.74, 6) is 0.226. The molecule has 5 heteroatoms. The Kier molecular flexibility index (Phi) is 6.56. The number of hydrogen-bond donors (Lipinski definition) is 1. The van der Waals surface area contributed by atoms with Crippen LogP contribution in [0.1, 0.15) is 26.3 Å². The van der Waals surface area contributed by atoms with E-state index in [1.54, 1.807) is 7.05 Å². The third-order valence-corrected chi connectivity index (χ3v) is 5.18. The molecule has 0 heterocycles. The van der Waals surface area contributed by atoms with Gasteiger partial charge >= 0.3 is 0 Å². The van der Waals surface area contributed by atoms with Crippen molar-refractivity contribution < 1.29 is 4.79 Å². The van der Waals surface area contributed by atoms with E-state index in [0.29, 0.717) is 6.54 Å². The zero-order valence-electron chi connectivity index (χ0n) is 12.3. The number of nitrogens with one attached hydrogen (secondary N) is 1. The molecule has 1 unspecified atom stereocenters. The monoisotopic (exact) mass is 312 g/mol. The third-order valence-electron chi connectivity index (χ3n) is 3.29. The predicted molar refractivity (Wildman–Crippen MR) is 88.5 cm³/mol. The molecule has 1 rings (SSSR count). The van der Waals surface area contributed by atoms with Crippen LogP contribution in [0.15, 0.2) is 29.3 Å². The van der Waals surface area contributed by atoms with Gasteiger partial charge in [0.2, 0.25) is 0 Å². The number of nitrogens with zero attached hydrogens (tertiary/aromatic N) is 1. The lowest BCUT2D eigenvalue weighted by Gasteiger charge is -2.27. The van der Waals surface area contributed by atoms with Crippen LogP contribution in [-0.4, -0.2) is 23.2 Å². The van der Waals surface area contributed by atoms with Gasteiger partial charge in [0.1, 0.15) is 6.29 Å². The Morgan fingerprint density at radius 1 is 1.50 bits per heavy atom. The van der Waals surface area contributed by atoms with E-state index in [0.717, 1.165) is 22.0 Å². The molecule has 0 aliphatic heterocycles. The molecule has 0 aromatic heterocycles. The van der Waals surface area contributed by atoms with Crippen LogP contribution < -0.4 is 5.32 Å². The highest BCUT2D eigenvalue weighted by Gasteiger charge is 2.30. The molecule has 0 spiro atoms. The summed E-state index contributed by atoms with van der Waals surface area (Å²) < 4.78 is -0.484. The molecule has 0 aliphatic rings. The van der Waals surface area contributed by atoms with E-state index < -0.39 is 4.75 Å². The molecular formula is C15H21ClN2OS. The van der Waals surface area contributed by atoms with E-state index in [-0.39, 0.29) is 5.92 Å². The smallest absolute Gasteiger partial charge is 0.157 e. The van der Waals surface area contributed by atoms with Gasteiger partial charge in [-0.1, -0.05) is 55.4 Å². The molecule has 20 heavy (non-hydrogen) atoms. The summed E-state index contributed by atoms with van der Waals surface area (Å²) in [5, 5.41) is 4.71. The molecule has 3 nitrogen and oxygen atoms in total. The van der Waals surface area contributed by atoms with Crippen LogP contribution in [0.3, 0.4) is 0 Å². The van der Waals surface area contributed by atoms with Gasteiger partial charge in [0.25, 0.3) is 0 Å². The van der Waals surface area contributed by atoms with E-state index in [9.17, 15) is 4.79 Å². The maximum atomic E-state index is 11.3. The van der Waals surface area contributed by atoms with E-state index in [2.05, 4.69) is 10.3 Å². The highest BCUT2D eigenvalue weighted by atomic mass is 35.5. The number of benzene rings is 1. The first-order chi connectivity index (χ1) is 9.42. The van der Waals surface area contributed by atoms with Crippen molar-refractivity contribution in [1.29, 1.82) is 0 Å². The SMILES string of the molecule is CN=C(NCc1ccccc1Cl)SC(C)(C=O)C(C)C. The Bertz CT molecular complexity index is 491. The number of aldehydes is 1. The second-order valence-corrected chi connectivity index (χ2v) is 6.91. The minimum atomic E-state index is -0.484. The zero-order chi connectivity index (χ0) is 15.2. The summed E-state index contributed by atoms with van der Waals surface area (Å²) in [4.78, 5) is 15.5. The second-order valence-electron chi connectivity index (χ2n) is 5.03. The van der Waals surface area contributed by atoms with Crippen molar-refractivity contribution in [3.05, 3.63) is 34.9 Å². The number of halogens is 1. The van der Waals surface area contributed by atoms with Crippen molar-refractivity contribution >= 4 is 34.8 Å². The number of aliphatic imine (C=N–C) groups is 1. The topological polar surface area (TPSA) is 41.5 Å². The predicted octanol–water partition coefficient (Wildman–Crippen LogP) is 3.76. The maximum absolute atomic E-state index is 11.3. The van der Waals surface area contributed by atoms with E-state index in [1.165, 1.54) is 11.8 Å². The van der Waals surface area contributed by atoms with Crippen LogP contribution in [0.5, 0.6) is 0 Å². The summed E-state index contributed by atoms with van der Waals surface area (Å²) in [6, 6.07) is 7.67. The van der Waals surface area contributed by atoms with Crippen LogP contribution in [0, 0.1) is 5.92 Å². The van der Waals surface area contributed by atoms with Crippen molar-refractivity contribution in [2.45, 2.75) is 32.1 Å². The van der Waals surface area contributed by atoms with Crippen LogP contribution in [0.25, 0.3) is 0 Å². The molecule has 0 radical (unpaired) electrons. The fraction of sp³-hybridized carbons (Fsp3) is 0.467. The van der Waals surface area contributed by atoms with Crippen LogP contribution in [-0.2, 0) is 11.3 Å². The Hall–Kier alpha value is -1.00. The molecule has 1 aromatic carbocycles. The minimum Gasteiger partial charge on any atom is -0.361 e. The van der Waals surface area contributed by atoms with E-state index in [4.69, 9.17) is 11.6 Å². The average molecular weight is 313 g/mol. The number of hydrogen-bond acceptors (Lipinski definition) is 3. The van der Waals surface area contributed by atoms with Crippen molar-refractivity contribution in [2.75, 3.05) is 7.05 Å². The van der Waals surface area contributed by atoms with Crippen LogP contribution in [0.4, 0.5) is 0 Å². The molecule has 110 valence electrons. The molecule has 0 fully saturated rings. The maximum Gasteiger partial charge on any atom is 0.157 e. The number of thioether (sulfide) groups is 1. The number of amidine groups is 1. The van der Waals surface area contributed by atoms with Gasteiger partial charge in [-0.2, -0.15) is 0 Å². The van der Waals surface area contributed by atoms with E-state index in [1.807, 2.05) is 45.0 Å². The molecule has 1 atom stereocenters. The second kappa shape index (κ2) is 7.70. The summed E-state index contributed by atoms with van der Waals surface area (Å²) in [7, 11) is 1.72. The number of carbonyl (C=O) groups is 1. The lowest BCUT2D eigenvalue weighted by molar-refractivity contribution is -0.110. The van der Waals surface area contributed by atoms with Crippen molar-refractivity contribution in [3.63, 3.8) is 0 Å². The first kappa shape index (κ1) is 17.1. The normalized spacial score (nSPS) is 15.0. The fourth-order valence-corrected chi connectivity index (χ4v) is 2.60. The zero-order valence-corrected chi connectivity index (χ0v) is 13.9. The van der Waals surface area contributed by atoms with Crippen LogP contribution in [0.2, 0.25) is 5.02 Å². The standard InChI is InChI=1S/C15H21ClN2OS/c1-11(2)15(3,10-19)20-14(17-4)18-9-12-7-5-6-8-13(12)16/h5-8,10-11H,9H2,1-4H3,(H,17,18). The van der Waals surface area contributed by atoms with Gasteiger partial charge in [-0.15, -0.1) is 0 Å². The Morgan fingerprint density at radius 3 is 2.65 bits per heavy atom. The van der Waals surface area contributed by atoms with Gasteiger partial charge in [-0.3, -0.25) is 4.99 Å². The Balaban J connectivity index is 2.70. The molecule has 0 aliphatic carbocycles. The highest BCUT2D eigenvalue weighted by Crippen LogP contribution is 2.31. The number of carbonyl (C=O) groups excluding carboxylic acids is 1. The van der Waals surface area contributed by atoms with Crippen molar-refractivity contribution in [1.82, 2.24) is 5.32 Å². The summed E-state index contributed by atoms with van der Waals surface area (Å²) in [6.07, 6.45) is 0.991. The third kappa shape index (κ3) is 4.53. The number of rotatable bonds is 5. The molecule has 0 bridgehead atoms. The summed E-state index contributed by atoms with van der Waals surface area (Å²) in [6.45, 7) is 6.58. The molecule has 0 saturated carbocycles. The Labute approximate surface area is 130 Å². The lowest BCUT2D eigenvalue weighted by atomic mass is 9.99. The first-order valence-electron chi connectivity index (χ1n) is 6.52. The highest BCUT2D eigenvalue weighted by molar-refractivity contribution is 8.15. The van der Waals surface area contributed by atoms with Crippen molar-refractivity contribution in [2.24, 2.45) is 10.9 Å². The largest absolute Gasteiger partial charge is 0.361 e. The summed E-state index contributed by atoms with van der Waals surface area (Å²) in [5.41, 5.74) is 1.01. The van der Waals surface area contributed by atoms with E-state index >= 15 is 0 Å². The molecule has 1 N–H and O–H groups in total. The quantitative estimate of drug-likeness (QED) is 0.511.